The minimum Gasteiger partial charge on any atom is -0.361 e. The second-order valence-electron chi connectivity index (χ2n) is 6.55. The lowest BCUT2D eigenvalue weighted by molar-refractivity contribution is -0.121. The molecule has 4 aromatic rings. The number of benzene rings is 2. The van der Waals surface area contributed by atoms with Gasteiger partial charge in [-0.05, 0) is 29.3 Å². The Hall–Kier alpha value is -3.80. The number of hydrogen-bond donors (Lipinski definition) is 3. The Kier molecular flexibility index (Phi) is 4.93. The fraction of sp³-hybridized carbons (Fsp3) is 0.0909. The van der Waals surface area contributed by atoms with Gasteiger partial charge < -0.3 is 9.55 Å². The molecular formula is C22H20N4O2. The Bertz CT molecular complexity index is 1110. The number of aromatic amines is 1. The van der Waals surface area contributed by atoms with Gasteiger partial charge in [-0.25, -0.2) is 0 Å². The molecule has 2 aromatic heterocycles. The molecule has 0 aliphatic heterocycles. The molecule has 0 saturated carbocycles. The number of carbonyl (C=O) groups is 2. The molecule has 0 radical (unpaired) electrons. The average molecular weight is 372 g/mol. The van der Waals surface area contributed by atoms with Crippen LogP contribution in [0.2, 0.25) is 0 Å². The zero-order valence-electron chi connectivity index (χ0n) is 15.2. The molecule has 140 valence electrons. The Morgan fingerprint density at radius 1 is 0.893 bits per heavy atom. The van der Waals surface area contributed by atoms with Crippen LogP contribution in [0.5, 0.6) is 0 Å². The molecule has 3 N–H and O–H groups in total. The van der Waals surface area contributed by atoms with E-state index in [1.54, 1.807) is 6.07 Å². The summed E-state index contributed by atoms with van der Waals surface area (Å²) >= 11 is 0. The quantitative estimate of drug-likeness (QED) is 0.471. The lowest BCUT2D eigenvalue weighted by Gasteiger charge is -2.11. The van der Waals surface area contributed by atoms with Gasteiger partial charge in [0, 0.05) is 29.8 Å². The molecule has 6 heteroatoms. The first-order valence-electron chi connectivity index (χ1n) is 9.04. The maximum Gasteiger partial charge on any atom is 0.286 e. The molecule has 2 amide bonds. The summed E-state index contributed by atoms with van der Waals surface area (Å²) in [7, 11) is 0. The number of aromatic nitrogens is 2. The van der Waals surface area contributed by atoms with Crippen molar-refractivity contribution in [1.82, 2.24) is 20.4 Å². The van der Waals surface area contributed by atoms with Crippen molar-refractivity contribution in [3.63, 3.8) is 0 Å². The molecule has 2 aromatic carbocycles. The van der Waals surface area contributed by atoms with Crippen molar-refractivity contribution < 1.29 is 9.59 Å². The summed E-state index contributed by atoms with van der Waals surface area (Å²) in [6.07, 6.45) is 3.84. The SMILES string of the molecule is O=C(Cc1c[nH]c2ccccc12)NNC(=O)c1cccn1Cc1ccccc1. The van der Waals surface area contributed by atoms with E-state index in [2.05, 4.69) is 15.8 Å². The first kappa shape index (κ1) is 17.6. The van der Waals surface area contributed by atoms with Crippen molar-refractivity contribution in [3.8, 4) is 0 Å². The van der Waals surface area contributed by atoms with Crippen LogP contribution >= 0.6 is 0 Å². The highest BCUT2D eigenvalue weighted by Crippen LogP contribution is 2.17. The Labute approximate surface area is 162 Å². The van der Waals surface area contributed by atoms with E-state index in [1.807, 2.05) is 77.6 Å². The number of para-hydroxylation sites is 1. The maximum absolute atomic E-state index is 12.5. The third-order valence-corrected chi connectivity index (χ3v) is 4.60. The molecule has 2 heterocycles. The van der Waals surface area contributed by atoms with E-state index >= 15 is 0 Å². The van der Waals surface area contributed by atoms with Gasteiger partial charge in [0.2, 0.25) is 5.91 Å². The molecule has 0 saturated heterocycles. The third kappa shape index (κ3) is 3.81. The monoisotopic (exact) mass is 372 g/mol. The molecular weight excluding hydrogens is 352 g/mol. The van der Waals surface area contributed by atoms with Crippen molar-refractivity contribution >= 4 is 22.7 Å². The molecule has 6 nitrogen and oxygen atoms in total. The van der Waals surface area contributed by atoms with Gasteiger partial charge in [0.15, 0.2) is 0 Å². The van der Waals surface area contributed by atoms with E-state index < -0.39 is 0 Å². The molecule has 0 spiro atoms. The summed E-state index contributed by atoms with van der Waals surface area (Å²) in [5.41, 5.74) is 8.44. The molecule has 0 aliphatic rings. The minimum atomic E-state index is -0.354. The molecule has 0 atom stereocenters. The first-order chi connectivity index (χ1) is 13.7. The number of rotatable bonds is 5. The van der Waals surface area contributed by atoms with Gasteiger partial charge in [-0.3, -0.25) is 20.4 Å². The fourth-order valence-corrected chi connectivity index (χ4v) is 3.22. The van der Waals surface area contributed by atoms with Crippen LogP contribution in [0.15, 0.2) is 79.1 Å². The minimum absolute atomic E-state index is 0.176. The molecule has 0 aliphatic carbocycles. The lowest BCUT2D eigenvalue weighted by atomic mass is 10.1. The van der Waals surface area contributed by atoms with E-state index in [-0.39, 0.29) is 18.2 Å². The van der Waals surface area contributed by atoms with E-state index in [1.165, 1.54) is 0 Å². The topological polar surface area (TPSA) is 78.9 Å². The molecule has 0 bridgehead atoms. The summed E-state index contributed by atoms with van der Waals surface area (Å²) in [5.74, 6) is -0.632. The number of H-pyrrole nitrogens is 1. The Morgan fingerprint density at radius 3 is 2.54 bits per heavy atom. The number of nitrogens with one attached hydrogen (secondary N) is 3. The number of carbonyl (C=O) groups excluding carboxylic acids is 2. The Balaban J connectivity index is 1.37. The van der Waals surface area contributed by atoms with E-state index in [0.717, 1.165) is 22.0 Å². The van der Waals surface area contributed by atoms with Crippen molar-refractivity contribution in [1.29, 1.82) is 0 Å². The largest absolute Gasteiger partial charge is 0.361 e. The molecule has 28 heavy (non-hydrogen) atoms. The first-order valence-corrected chi connectivity index (χ1v) is 9.04. The third-order valence-electron chi connectivity index (χ3n) is 4.60. The second kappa shape index (κ2) is 7.84. The maximum atomic E-state index is 12.5. The summed E-state index contributed by atoms with van der Waals surface area (Å²) in [5, 5.41) is 1.00. The smallest absolute Gasteiger partial charge is 0.286 e. The van der Waals surface area contributed by atoms with Gasteiger partial charge in [-0.15, -0.1) is 0 Å². The van der Waals surface area contributed by atoms with Crippen LogP contribution in [-0.2, 0) is 17.8 Å². The van der Waals surface area contributed by atoms with Crippen LogP contribution in [-0.4, -0.2) is 21.4 Å². The van der Waals surface area contributed by atoms with E-state index in [9.17, 15) is 9.59 Å². The van der Waals surface area contributed by atoms with E-state index in [4.69, 9.17) is 0 Å². The standard InChI is InChI=1S/C22H20N4O2/c27-21(13-17-14-23-19-10-5-4-9-18(17)19)24-25-22(28)20-11-6-12-26(20)15-16-7-2-1-3-8-16/h1-12,14,23H,13,15H2,(H,24,27)(H,25,28). The molecule has 0 fully saturated rings. The van der Waals surface area contributed by atoms with Gasteiger partial charge in [0.25, 0.3) is 5.91 Å². The Morgan fingerprint density at radius 2 is 1.68 bits per heavy atom. The number of hydrogen-bond acceptors (Lipinski definition) is 2. The summed E-state index contributed by atoms with van der Waals surface area (Å²) < 4.78 is 1.84. The van der Waals surface area contributed by atoms with Crippen LogP contribution in [0, 0.1) is 0 Å². The fourth-order valence-electron chi connectivity index (χ4n) is 3.22. The molecule has 0 unspecified atom stereocenters. The zero-order valence-corrected chi connectivity index (χ0v) is 15.2. The summed E-state index contributed by atoms with van der Waals surface area (Å²) in [6.45, 7) is 0.583. The predicted molar refractivity (Wildman–Crippen MR) is 108 cm³/mol. The molecule has 4 rings (SSSR count). The van der Waals surface area contributed by atoms with Crippen LogP contribution in [0.3, 0.4) is 0 Å². The van der Waals surface area contributed by atoms with Crippen LogP contribution in [0.25, 0.3) is 10.9 Å². The zero-order chi connectivity index (χ0) is 19.3. The van der Waals surface area contributed by atoms with Crippen molar-refractivity contribution in [2.75, 3.05) is 0 Å². The normalized spacial score (nSPS) is 10.7. The number of fused-ring (bicyclic) bond motifs is 1. The predicted octanol–water partition coefficient (Wildman–Crippen LogP) is 3.02. The second-order valence-corrected chi connectivity index (χ2v) is 6.55. The highest BCUT2D eigenvalue weighted by atomic mass is 16.2. The van der Waals surface area contributed by atoms with Crippen molar-refractivity contribution in [3.05, 3.63) is 95.9 Å². The summed E-state index contributed by atoms with van der Waals surface area (Å²) in [4.78, 5) is 27.9. The highest BCUT2D eigenvalue weighted by molar-refractivity contribution is 5.95. The van der Waals surface area contributed by atoms with Crippen molar-refractivity contribution in [2.45, 2.75) is 13.0 Å². The van der Waals surface area contributed by atoms with Gasteiger partial charge in [0.1, 0.15) is 5.69 Å². The van der Waals surface area contributed by atoms with Gasteiger partial charge >= 0.3 is 0 Å². The van der Waals surface area contributed by atoms with Gasteiger partial charge in [-0.2, -0.15) is 0 Å². The van der Waals surface area contributed by atoms with Crippen LogP contribution < -0.4 is 10.9 Å². The van der Waals surface area contributed by atoms with Crippen LogP contribution in [0.4, 0.5) is 0 Å². The number of amides is 2. The van der Waals surface area contributed by atoms with Crippen molar-refractivity contribution in [2.24, 2.45) is 0 Å². The highest BCUT2D eigenvalue weighted by Gasteiger charge is 2.13. The van der Waals surface area contributed by atoms with E-state index in [0.29, 0.717) is 12.2 Å². The number of hydrazine groups is 1. The van der Waals surface area contributed by atoms with Gasteiger partial charge in [0.05, 0.1) is 6.42 Å². The number of nitrogens with zero attached hydrogens (tertiary/aromatic N) is 1. The average Bonchev–Trinajstić information content (AvgIpc) is 3.34. The lowest BCUT2D eigenvalue weighted by Crippen LogP contribution is -2.43. The van der Waals surface area contributed by atoms with Gasteiger partial charge in [-0.1, -0.05) is 48.5 Å². The summed E-state index contributed by atoms with van der Waals surface area (Å²) in [6, 6.07) is 21.2. The van der Waals surface area contributed by atoms with Crippen LogP contribution in [0.1, 0.15) is 21.6 Å².